The van der Waals surface area contributed by atoms with E-state index in [4.69, 9.17) is 9.72 Å². The summed E-state index contributed by atoms with van der Waals surface area (Å²) in [5, 5.41) is 1.65. The maximum absolute atomic E-state index is 13.5. The van der Waals surface area contributed by atoms with Gasteiger partial charge >= 0.3 is 0 Å². The Morgan fingerprint density at radius 1 is 1.32 bits per heavy atom. The van der Waals surface area contributed by atoms with Crippen LogP contribution in [0.15, 0.2) is 40.3 Å². The van der Waals surface area contributed by atoms with Gasteiger partial charge in [0.25, 0.3) is 5.56 Å². The molecular formula is C22H26N2O2S2. The van der Waals surface area contributed by atoms with Gasteiger partial charge in [0.1, 0.15) is 4.83 Å². The molecule has 1 atom stereocenters. The first kappa shape index (κ1) is 19.7. The second-order valence-corrected chi connectivity index (χ2v) is 9.82. The van der Waals surface area contributed by atoms with Gasteiger partial charge in [-0.05, 0) is 29.2 Å². The lowest BCUT2D eigenvalue weighted by Gasteiger charge is -2.26. The second kappa shape index (κ2) is 8.39. The van der Waals surface area contributed by atoms with Gasteiger partial charge in [0.05, 0.1) is 18.1 Å². The lowest BCUT2D eigenvalue weighted by Crippen LogP contribution is -2.29. The molecule has 1 unspecified atom stereocenters. The van der Waals surface area contributed by atoms with Gasteiger partial charge in [-0.1, -0.05) is 62.9 Å². The predicted molar refractivity (Wildman–Crippen MR) is 118 cm³/mol. The van der Waals surface area contributed by atoms with Crippen LogP contribution in [-0.2, 0) is 30.7 Å². The molecule has 148 valence electrons. The van der Waals surface area contributed by atoms with E-state index in [0.29, 0.717) is 19.1 Å². The summed E-state index contributed by atoms with van der Waals surface area (Å²) >= 11 is 3.27. The molecule has 2 aromatic heterocycles. The molecule has 0 aliphatic carbocycles. The Morgan fingerprint density at radius 2 is 2.11 bits per heavy atom. The van der Waals surface area contributed by atoms with E-state index < -0.39 is 0 Å². The topological polar surface area (TPSA) is 44.1 Å². The van der Waals surface area contributed by atoms with E-state index in [1.54, 1.807) is 23.1 Å². The fourth-order valence-electron chi connectivity index (χ4n) is 3.69. The predicted octanol–water partition coefficient (Wildman–Crippen LogP) is 4.91. The zero-order valence-corrected chi connectivity index (χ0v) is 18.2. The van der Waals surface area contributed by atoms with Gasteiger partial charge in [-0.3, -0.25) is 9.36 Å². The number of hydrogen-bond donors (Lipinski definition) is 0. The van der Waals surface area contributed by atoms with Crippen molar-refractivity contribution in [1.82, 2.24) is 9.55 Å². The lowest BCUT2D eigenvalue weighted by atomic mass is 9.96. The molecule has 3 aromatic rings. The first-order chi connectivity index (χ1) is 13.6. The number of benzene rings is 1. The molecule has 4 rings (SSSR count). The molecule has 0 radical (unpaired) electrons. The minimum atomic E-state index is 0.110. The van der Waals surface area contributed by atoms with Crippen LogP contribution in [0.5, 0.6) is 0 Å². The van der Waals surface area contributed by atoms with Crippen LogP contribution in [0.4, 0.5) is 0 Å². The molecule has 0 N–H and O–H groups in total. The van der Waals surface area contributed by atoms with Gasteiger partial charge < -0.3 is 4.74 Å². The van der Waals surface area contributed by atoms with Crippen LogP contribution in [0.3, 0.4) is 0 Å². The summed E-state index contributed by atoms with van der Waals surface area (Å²) in [4.78, 5) is 20.5. The number of ether oxygens (including phenoxy) is 1. The van der Waals surface area contributed by atoms with Crippen molar-refractivity contribution in [3.8, 4) is 0 Å². The van der Waals surface area contributed by atoms with Crippen LogP contribution in [0.2, 0.25) is 0 Å². The Balaban J connectivity index is 1.77. The average molecular weight is 415 g/mol. The van der Waals surface area contributed by atoms with E-state index in [2.05, 4.69) is 32.9 Å². The Morgan fingerprint density at radius 3 is 2.82 bits per heavy atom. The van der Waals surface area contributed by atoms with E-state index in [1.807, 2.05) is 22.8 Å². The Bertz CT molecular complexity index is 1020. The number of thiophene rings is 1. The fourth-order valence-corrected chi connectivity index (χ4v) is 5.61. The molecule has 28 heavy (non-hydrogen) atoms. The number of aromatic nitrogens is 2. The summed E-state index contributed by atoms with van der Waals surface area (Å²) in [6.45, 7) is 7.71. The number of fused-ring (bicyclic) bond motifs is 3. The van der Waals surface area contributed by atoms with Crippen LogP contribution in [0.25, 0.3) is 10.2 Å². The molecule has 0 spiro atoms. The van der Waals surface area contributed by atoms with Crippen molar-refractivity contribution >= 4 is 33.3 Å². The van der Waals surface area contributed by atoms with Crippen molar-refractivity contribution < 1.29 is 4.74 Å². The largest absolute Gasteiger partial charge is 0.372 e. The molecule has 0 saturated carbocycles. The zero-order valence-electron chi connectivity index (χ0n) is 16.6. The molecule has 0 saturated heterocycles. The second-order valence-electron chi connectivity index (χ2n) is 7.50. The summed E-state index contributed by atoms with van der Waals surface area (Å²) in [6, 6.07) is 10.3. The SMILES string of the molecule is CCSc1nc2sc3c(c2c(=O)n1CCc1ccccc1)CC(C(C)C)OC3. The van der Waals surface area contributed by atoms with Crippen LogP contribution in [0.1, 0.15) is 36.8 Å². The summed E-state index contributed by atoms with van der Waals surface area (Å²) in [5.74, 6) is 1.33. The van der Waals surface area contributed by atoms with E-state index in [0.717, 1.165) is 34.0 Å². The van der Waals surface area contributed by atoms with Gasteiger partial charge in [-0.15, -0.1) is 11.3 Å². The van der Waals surface area contributed by atoms with Crippen LogP contribution >= 0.6 is 23.1 Å². The normalized spacial score (nSPS) is 16.6. The highest BCUT2D eigenvalue weighted by Gasteiger charge is 2.28. The number of aryl methyl sites for hydroxylation is 1. The Hall–Kier alpha value is -1.63. The van der Waals surface area contributed by atoms with Crippen molar-refractivity contribution in [3.05, 3.63) is 56.7 Å². The van der Waals surface area contributed by atoms with Crippen molar-refractivity contribution in [3.63, 3.8) is 0 Å². The smallest absolute Gasteiger partial charge is 0.263 e. The standard InChI is InChI=1S/C22H26N2O2S2/c1-4-27-22-23-20-19(16-12-17(14(2)3)26-13-18(16)28-20)21(25)24(22)11-10-15-8-6-5-7-9-15/h5-9,14,17H,4,10-13H2,1-3H3. The molecule has 4 nitrogen and oxygen atoms in total. The third-order valence-corrected chi connectivity index (χ3v) is 7.23. The minimum absolute atomic E-state index is 0.110. The molecule has 1 aliphatic heterocycles. The molecule has 1 aromatic carbocycles. The van der Waals surface area contributed by atoms with Crippen LogP contribution in [-0.4, -0.2) is 21.4 Å². The highest BCUT2D eigenvalue weighted by molar-refractivity contribution is 7.99. The third kappa shape index (κ3) is 3.78. The highest BCUT2D eigenvalue weighted by Crippen LogP contribution is 2.35. The number of nitrogens with zero attached hydrogens (tertiary/aromatic N) is 2. The van der Waals surface area contributed by atoms with Crippen LogP contribution < -0.4 is 5.56 Å². The van der Waals surface area contributed by atoms with E-state index in [-0.39, 0.29) is 11.7 Å². The summed E-state index contributed by atoms with van der Waals surface area (Å²) in [7, 11) is 0. The summed E-state index contributed by atoms with van der Waals surface area (Å²) in [5.41, 5.74) is 2.52. The van der Waals surface area contributed by atoms with Crippen molar-refractivity contribution in [1.29, 1.82) is 0 Å². The monoisotopic (exact) mass is 414 g/mol. The molecule has 0 bridgehead atoms. The molecular weight excluding hydrogens is 388 g/mol. The number of hydrogen-bond acceptors (Lipinski definition) is 5. The number of rotatable bonds is 6. The maximum atomic E-state index is 13.5. The molecule has 0 amide bonds. The van der Waals surface area contributed by atoms with E-state index >= 15 is 0 Å². The molecule has 6 heteroatoms. The van der Waals surface area contributed by atoms with Crippen LogP contribution in [0, 0.1) is 5.92 Å². The van der Waals surface area contributed by atoms with E-state index in [9.17, 15) is 4.79 Å². The van der Waals surface area contributed by atoms with Gasteiger partial charge in [0, 0.05) is 17.8 Å². The Kier molecular flexibility index (Phi) is 5.90. The van der Waals surface area contributed by atoms with Gasteiger partial charge in [-0.25, -0.2) is 4.98 Å². The molecule has 3 heterocycles. The van der Waals surface area contributed by atoms with Crippen molar-refractivity contribution in [2.75, 3.05) is 5.75 Å². The minimum Gasteiger partial charge on any atom is -0.372 e. The van der Waals surface area contributed by atoms with Gasteiger partial charge in [0.2, 0.25) is 0 Å². The first-order valence-electron chi connectivity index (χ1n) is 9.91. The average Bonchev–Trinajstić information content (AvgIpc) is 3.06. The summed E-state index contributed by atoms with van der Waals surface area (Å²) < 4.78 is 7.90. The highest BCUT2D eigenvalue weighted by atomic mass is 32.2. The number of thioether (sulfide) groups is 1. The van der Waals surface area contributed by atoms with Gasteiger partial charge in [0.15, 0.2) is 5.16 Å². The van der Waals surface area contributed by atoms with E-state index in [1.165, 1.54) is 16.0 Å². The fraction of sp³-hybridized carbons (Fsp3) is 0.455. The summed E-state index contributed by atoms with van der Waals surface area (Å²) in [6.07, 6.45) is 1.81. The third-order valence-electron chi connectivity index (χ3n) is 5.28. The quantitative estimate of drug-likeness (QED) is 0.425. The molecule has 1 aliphatic rings. The Labute approximate surface area is 174 Å². The molecule has 0 fully saturated rings. The maximum Gasteiger partial charge on any atom is 0.263 e. The first-order valence-corrected chi connectivity index (χ1v) is 11.7. The lowest BCUT2D eigenvalue weighted by molar-refractivity contribution is 0.00200. The van der Waals surface area contributed by atoms with Crippen molar-refractivity contribution in [2.24, 2.45) is 5.92 Å². The van der Waals surface area contributed by atoms with Crippen molar-refractivity contribution in [2.45, 2.75) is 58.0 Å². The zero-order chi connectivity index (χ0) is 19.7. The van der Waals surface area contributed by atoms with Gasteiger partial charge in [-0.2, -0.15) is 0 Å².